The van der Waals surface area contributed by atoms with Crippen molar-refractivity contribution >= 4 is 0 Å². The molecule has 2 rings (SSSR count). The molecule has 2 atom stereocenters. The van der Waals surface area contributed by atoms with Crippen molar-refractivity contribution in [2.75, 3.05) is 0 Å². The fourth-order valence-electron chi connectivity index (χ4n) is 2.36. The molecule has 0 N–H and O–H groups in total. The largest absolute Gasteiger partial charge is 0.758 e. The summed E-state index contributed by atoms with van der Waals surface area (Å²) in [6, 6.07) is -0.149. The second kappa shape index (κ2) is 2.80. The van der Waals surface area contributed by atoms with E-state index < -0.39 is 5.54 Å². The molecule has 0 amide bonds. The minimum Gasteiger partial charge on any atom is -0.758 e. The Hall–Kier alpha value is -0.900. The van der Waals surface area contributed by atoms with Gasteiger partial charge in [0.25, 0.3) is 0 Å². The van der Waals surface area contributed by atoms with E-state index in [1.807, 2.05) is 6.92 Å². The average Bonchev–Trinajstić information content (AvgIpc) is 2.12. The van der Waals surface area contributed by atoms with Crippen LogP contribution in [0.4, 0.5) is 0 Å². The van der Waals surface area contributed by atoms with Crippen LogP contribution in [0, 0.1) is 10.1 Å². The molecule has 4 heteroatoms. The third kappa shape index (κ3) is 1.16. The molecular formula is C9H14N2O2. The van der Waals surface area contributed by atoms with Crippen molar-refractivity contribution in [3.05, 3.63) is 22.5 Å². The number of hydrogen-bond donors (Lipinski definition) is 0. The topological polar surface area (TPSA) is 46.4 Å². The van der Waals surface area contributed by atoms with Gasteiger partial charge < -0.3 is 10.3 Å². The van der Waals surface area contributed by atoms with E-state index in [4.69, 9.17) is 0 Å². The van der Waals surface area contributed by atoms with Crippen molar-refractivity contribution in [3.63, 3.8) is 0 Å². The van der Waals surface area contributed by atoms with Crippen LogP contribution in [0.25, 0.3) is 0 Å². The van der Waals surface area contributed by atoms with Gasteiger partial charge in [0.15, 0.2) is 0 Å². The molecule has 1 fully saturated rings. The Morgan fingerprint density at radius 1 is 1.62 bits per heavy atom. The first-order valence-electron chi connectivity index (χ1n) is 4.75. The van der Waals surface area contributed by atoms with Gasteiger partial charge in [-0.1, -0.05) is 6.42 Å². The van der Waals surface area contributed by atoms with Gasteiger partial charge >= 0.3 is 0 Å². The molecule has 1 heterocycles. The van der Waals surface area contributed by atoms with Crippen molar-refractivity contribution in [2.45, 2.75) is 44.2 Å². The first kappa shape index (κ1) is 8.69. The Morgan fingerprint density at radius 3 is 3.08 bits per heavy atom. The second-order valence-corrected chi connectivity index (χ2v) is 4.10. The zero-order valence-corrected chi connectivity index (χ0v) is 7.77. The maximum Gasteiger partial charge on any atom is 0.236 e. The summed E-state index contributed by atoms with van der Waals surface area (Å²) >= 11 is 0. The Morgan fingerprint density at radius 2 is 2.38 bits per heavy atom. The summed E-state index contributed by atoms with van der Waals surface area (Å²) < 4.78 is 0.938. The molecular weight excluding hydrogens is 168 g/mol. The van der Waals surface area contributed by atoms with E-state index in [1.165, 1.54) is 12.4 Å². The van der Waals surface area contributed by atoms with Crippen LogP contribution in [0.1, 0.15) is 32.6 Å². The molecule has 1 aliphatic heterocycles. The Balaban J connectivity index is 2.34. The summed E-state index contributed by atoms with van der Waals surface area (Å²) in [6.45, 7) is 1.89. The Labute approximate surface area is 77.4 Å². The first-order chi connectivity index (χ1) is 6.14. The van der Waals surface area contributed by atoms with Crippen molar-refractivity contribution in [1.82, 2.24) is 5.06 Å². The number of hydroxylamine groups is 2. The van der Waals surface area contributed by atoms with Gasteiger partial charge in [0.05, 0.1) is 11.7 Å². The molecule has 1 saturated carbocycles. The van der Waals surface area contributed by atoms with Gasteiger partial charge in [-0.15, -0.1) is 0 Å². The molecule has 0 aromatic heterocycles. The molecule has 2 aliphatic rings. The maximum absolute atomic E-state index is 11.6. The molecule has 0 radical (unpaired) electrons. The summed E-state index contributed by atoms with van der Waals surface area (Å²) in [4.78, 5) is 11.4. The van der Waals surface area contributed by atoms with E-state index in [9.17, 15) is 10.1 Å². The summed E-state index contributed by atoms with van der Waals surface area (Å²) in [5.74, 6) is 0. The predicted molar refractivity (Wildman–Crippen MR) is 48.6 cm³/mol. The van der Waals surface area contributed by atoms with Gasteiger partial charge in [0.2, 0.25) is 12.2 Å². The van der Waals surface area contributed by atoms with E-state index in [1.54, 1.807) is 0 Å². The lowest BCUT2D eigenvalue weighted by molar-refractivity contribution is -0.548. The highest BCUT2D eigenvalue weighted by Crippen LogP contribution is 2.37. The Bertz CT molecular complexity index is 264. The molecule has 0 saturated heterocycles. The standard InChI is InChI=1S/C9H14N2O2/c1-9-5-3-2-4-8(9)10(12)6-7-11(9)13/h6-8H,2-5H2,1H3/t8-,9-/m0/s1. The minimum atomic E-state index is -0.491. The molecule has 4 nitrogen and oxygen atoms in total. The average molecular weight is 182 g/mol. The van der Waals surface area contributed by atoms with Crippen LogP contribution in [0.15, 0.2) is 12.4 Å². The number of rotatable bonds is 0. The lowest BCUT2D eigenvalue weighted by atomic mass is 9.78. The van der Waals surface area contributed by atoms with Crippen LogP contribution in [0.2, 0.25) is 0 Å². The first-order valence-corrected chi connectivity index (χ1v) is 4.75. The van der Waals surface area contributed by atoms with Crippen molar-refractivity contribution in [2.24, 2.45) is 0 Å². The van der Waals surface area contributed by atoms with Gasteiger partial charge in [-0.3, -0.25) is 0 Å². The Kier molecular flexibility index (Phi) is 1.87. The molecule has 0 spiro atoms. The fourth-order valence-corrected chi connectivity index (χ4v) is 2.36. The van der Waals surface area contributed by atoms with Crippen molar-refractivity contribution < 1.29 is 4.76 Å². The highest BCUT2D eigenvalue weighted by Gasteiger charge is 2.48. The van der Waals surface area contributed by atoms with Crippen LogP contribution in [0.3, 0.4) is 0 Å². The number of fused-ring (bicyclic) bond motifs is 1. The molecule has 0 bridgehead atoms. The lowest BCUT2D eigenvalue weighted by Gasteiger charge is -2.49. The number of nitrogens with zero attached hydrogens (tertiary/aromatic N) is 2. The molecule has 13 heavy (non-hydrogen) atoms. The number of hydrogen-bond acceptors (Lipinski definition) is 3. The molecule has 0 aromatic carbocycles. The normalized spacial score (nSPS) is 39.1. The van der Waals surface area contributed by atoms with Crippen molar-refractivity contribution in [3.8, 4) is 0 Å². The van der Waals surface area contributed by atoms with E-state index in [0.29, 0.717) is 0 Å². The lowest BCUT2D eigenvalue weighted by Crippen LogP contribution is -2.57. The smallest absolute Gasteiger partial charge is 0.236 e. The quantitative estimate of drug-likeness (QED) is 0.536. The van der Waals surface area contributed by atoms with E-state index in [0.717, 1.165) is 35.5 Å². The fraction of sp³-hybridized carbons (Fsp3) is 0.778. The minimum absolute atomic E-state index is 0.149. The van der Waals surface area contributed by atoms with Gasteiger partial charge in [0, 0.05) is 16.1 Å². The zero-order valence-electron chi connectivity index (χ0n) is 7.77. The summed E-state index contributed by atoms with van der Waals surface area (Å²) in [5.41, 5.74) is -0.491. The van der Waals surface area contributed by atoms with Gasteiger partial charge in [-0.25, -0.2) is 0 Å². The summed E-state index contributed by atoms with van der Waals surface area (Å²) in [5, 5.41) is 12.5. The molecule has 72 valence electrons. The van der Waals surface area contributed by atoms with Crippen LogP contribution in [-0.2, 0) is 0 Å². The van der Waals surface area contributed by atoms with E-state index in [2.05, 4.69) is 0 Å². The monoisotopic (exact) mass is 182 g/mol. The van der Waals surface area contributed by atoms with E-state index in [-0.39, 0.29) is 6.04 Å². The molecule has 1 aliphatic carbocycles. The van der Waals surface area contributed by atoms with Crippen molar-refractivity contribution in [1.29, 1.82) is 0 Å². The second-order valence-electron chi connectivity index (χ2n) is 4.10. The predicted octanol–water partition coefficient (Wildman–Crippen LogP) is 1.75. The van der Waals surface area contributed by atoms with Gasteiger partial charge in [-0.05, 0) is 19.8 Å². The summed E-state index contributed by atoms with van der Waals surface area (Å²) in [7, 11) is 0. The SMILES string of the molecule is C[C@]12CCCC[C@@H]1[N+](=O)C=CN2[O-]. The number of nitroso groups, excluding NO2 is 1. The zero-order chi connectivity index (χ0) is 9.47. The molecule has 0 aromatic rings. The van der Waals surface area contributed by atoms with Crippen LogP contribution < -0.4 is 0 Å². The van der Waals surface area contributed by atoms with Gasteiger partial charge in [-0.2, -0.15) is 0 Å². The highest BCUT2D eigenvalue weighted by atomic mass is 16.5. The van der Waals surface area contributed by atoms with Crippen LogP contribution in [0.5, 0.6) is 0 Å². The molecule has 0 unspecified atom stereocenters. The third-order valence-corrected chi connectivity index (χ3v) is 3.29. The summed E-state index contributed by atoms with van der Waals surface area (Å²) in [6.07, 6.45) is 6.45. The van der Waals surface area contributed by atoms with Gasteiger partial charge in [0.1, 0.15) is 0 Å². The van der Waals surface area contributed by atoms with E-state index >= 15 is 0 Å². The maximum atomic E-state index is 11.6. The van der Waals surface area contributed by atoms with Crippen LogP contribution in [-0.4, -0.2) is 21.4 Å². The highest BCUT2D eigenvalue weighted by molar-refractivity contribution is 5.03. The third-order valence-electron chi connectivity index (χ3n) is 3.29. The van der Waals surface area contributed by atoms with Crippen LogP contribution >= 0.6 is 0 Å².